The molecule has 1 saturated heterocycles. The fourth-order valence-corrected chi connectivity index (χ4v) is 4.84. The molecule has 3 fully saturated rings. The van der Waals surface area contributed by atoms with Gasteiger partial charge in [0.1, 0.15) is 17.6 Å². The summed E-state index contributed by atoms with van der Waals surface area (Å²) in [5.74, 6) is -2.15. The minimum absolute atomic E-state index is 0.00645. The van der Waals surface area contributed by atoms with Gasteiger partial charge in [-0.1, -0.05) is 11.6 Å². The van der Waals surface area contributed by atoms with Crippen molar-refractivity contribution in [3.8, 4) is 0 Å². The Kier molecular flexibility index (Phi) is 3.62. The van der Waals surface area contributed by atoms with Crippen LogP contribution in [0.2, 0.25) is 5.02 Å². The molecule has 2 heterocycles. The zero-order valence-electron chi connectivity index (χ0n) is 14.8. The average molecular weight is 410 g/mol. The van der Waals surface area contributed by atoms with Crippen molar-refractivity contribution >= 4 is 34.2 Å². The molecule has 28 heavy (non-hydrogen) atoms. The van der Waals surface area contributed by atoms with Crippen LogP contribution in [0.15, 0.2) is 17.1 Å². The standard InChI is InChI=1S/C19H18ClF2N3O3/c20-14-15-8(17(26)9(18(27)28)5-25(15)12-4-10(12)21)3-11(22)16(14)24-6-13(23)19(7-24)1-2-19/h3,5,10,12-13H,1-2,4,6-7,23H2,(H,27,28)/t10-,12+,13?/m1/s1. The molecule has 148 valence electrons. The number of fused-ring (bicyclic) bond motifs is 1. The van der Waals surface area contributed by atoms with Gasteiger partial charge in [0.15, 0.2) is 0 Å². The zero-order chi connectivity index (χ0) is 20.0. The predicted molar refractivity (Wildman–Crippen MR) is 101 cm³/mol. The van der Waals surface area contributed by atoms with E-state index in [0.717, 1.165) is 25.1 Å². The van der Waals surface area contributed by atoms with E-state index in [-0.39, 0.29) is 39.5 Å². The number of carbonyl (C=O) groups is 1. The van der Waals surface area contributed by atoms with Gasteiger partial charge in [-0.15, -0.1) is 0 Å². The highest BCUT2D eigenvalue weighted by Gasteiger charge is 2.54. The van der Waals surface area contributed by atoms with Crippen LogP contribution in [0.5, 0.6) is 0 Å². The Morgan fingerprint density at radius 2 is 2.07 bits per heavy atom. The number of halogens is 3. The summed E-state index contributed by atoms with van der Waals surface area (Å²) in [6.07, 6.45) is 2.11. The topological polar surface area (TPSA) is 88.6 Å². The van der Waals surface area contributed by atoms with Crippen LogP contribution in [0, 0.1) is 11.2 Å². The summed E-state index contributed by atoms with van der Waals surface area (Å²) in [7, 11) is 0. The minimum Gasteiger partial charge on any atom is -0.477 e. The van der Waals surface area contributed by atoms with Gasteiger partial charge in [-0.2, -0.15) is 0 Å². The first kappa shape index (κ1) is 17.9. The highest BCUT2D eigenvalue weighted by atomic mass is 35.5. The number of aromatic carboxylic acids is 1. The number of hydrogen-bond donors (Lipinski definition) is 2. The Balaban J connectivity index is 1.75. The van der Waals surface area contributed by atoms with Crippen LogP contribution in [0.25, 0.3) is 10.9 Å². The van der Waals surface area contributed by atoms with E-state index in [1.807, 2.05) is 0 Å². The molecule has 2 aliphatic carbocycles. The van der Waals surface area contributed by atoms with Crippen molar-refractivity contribution in [3.63, 3.8) is 0 Å². The molecule has 3 aliphatic rings. The van der Waals surface area contributed by atoms with Crippen molar-refractivity contribution in [2.24, 2.45) is 11.1 Å². The van der Waals surface area contributed by atoms with Crippen LogP contribution in [-0.2, 0) is 0 Å². The lowest BCUT2D eigenvalue weighted by atomic mass is 10.0. The Hall–Kier alpha value is -2.19. The molecular formula is C19H18ClF2N3O3. The van der Waals surface area contributed by atoms with Gasteiger partial charge in [0.2, 0.25) is 5.43 Å². The maximum atomic E-state index is 15.0. The Morgan fingerprint density at radius 3 is 2.61 bits per heavy atom. The molecule has 1 spiro atoms. The minimum atomic E-state index is -1.45. The lowest BCUT2D eigenvalue weighted by molar-refractivity contribution is 0.0694. The number of pyridine rings is 1. The third kappa shape index (κ3) is 2.40. The maximum absolute atomic E-state index is 15.0. The molecule has 5 rings (SSSR count). The fourth-order valence-electron chi connectivity index (χ4n) is 4.43. The molecule has 1 aromatic heterocycles. The van der Waals surface area contributed by atoms with Gasteiger partial charge in [0.05, 0.1) is 27.7 Å². The van der Waals surface area contributed by atoms with Crippen LogP contribution in [0.3, 0.4) is 0 Å². The van der Waals surface area contributed by atoms with E-state index in [1.54, 1.807) is 4.90 Å². The molecule has 6 nitrogen and oxygen atoms in total. The van der Waals surface area contributed by atoms with E-state index in [2.05, 4.69) is 0 Å². The first-order chi connectivity index (χ1) is 13.2. The van der Waals surface area contributed by atoms with Crippen molar-refractivity contribution in [2.75, 3.05) is 18.0 Å². The van der Waals surface area contributed by atoms with E-state index in [4.69, 9.17) is 17.3 Å². The number of aromatic nitrogens is 1. The van der Waals surface area contributed by atoms with Crippen molar-refractivity contribution < 1.29 is 18.7 Å². The summed E-state index contributed by atoms with van der Waals surface area (Å²) in [5.41, 5.74) is 5.15. The molecule has 2 saturated carbocycles. The number of hydrogen-bond acceptors (Lipinski definition) is 4. The zero-order valence-corrected chi connectivity index (χ0v) is 15.5. The summed E-state index contributed by atoms with van der Waals surface area (Å²) in [4.78, 5) is 25.8. The number of carboxylic acids is 1. The van der Waals surface area contributed by atoms with Crippen LogP contribution >= 0.6 is 11.6 Å². The second-order valence-corrected chi connectivity index (χ2v) is 8.55. The molecule has 0 bridgehead atoms. The predicted octanol–water partition coefficient (Wildman–Crippen LogP) is 2.70. The summed E-state index contributed by atoms with van der Waals surface area (Å²) >= 11 is 6.56. The summed E-state index contributed by atoms with van der Waals surface area (Å²) < 4.78 is 30.2. The van der Waals surface area contributed by atoms with E-state index in [9.17, 15) is 19.1 Å². The van der Waals surface area contributed by atoms with Crippen molar-refractivity contribution in [3.05, 3.63) is 38.9 Å². The summed E-state index contributed by atoms with van der Waals surface area (Å²) in [5, 5.41) is 9.16. The van der Waals surface area contributed by atoms with E-state index >= 15 is 4.39 Å². The highest BCUT2D eigenvalue weighted by molar-refractivity contribution is 6.38. The molecule has 2 aromatic rings. The Labute approximate surface area is 163 Å². The first-order valence-electron chi connectivity index (χ1n) is 9.18. The van der Waals surface area contributed by atoms with Crippen molar-refractivity contribution in [1.29, 1.82) is 0 Å². The van der Waals surface area contributed by atoms with Crippen LogP contribution in [0.4, 0.5) is 14.5 Å². The summed E-state index contributed by atoms with van der Waals surface area (Å²) in [6.45, 7) is 1.01. The first-order valence-corrected chi connectivity index (χ1v) is 9.56. The molecule has 3 atom stereocenters. The molecule has 3 N–H and O–H groups in total. The molecule has 1 aromatic carbocycles. The van der Waals surface area contributed by atoms with E-state index in [0.29, 0.717) is 13.1 Å². The smallest absolute Gasteiger partial charge is 0.341 e. The normalized spacial score (nSPS) is 27.6. The number of nitrogens with two attached hydrogens (primary N) is 1. The third-order valence-corrected chi connectivity index (χ3v) is 6.73. The molecule has 0 amide bonds. The number of alkyl halides is 1. The molecule has 1 unspecified atom stereocenters. The number of nitrogens with zero attached hydrogens (tertiary/aromatic N) is 2. The van der Waals surface area contributed by atoms with Gasteiger partial charge in [-0.25, -0.2) is 13.6 Å². The fraction of sp³-hybridized carbons (Fsp3) is 0.474. The molecule has 9 heteroatoms. The largest absolute Gasteiger partial charge is 0.477 e. The van der Waals surface area contributed by atoms with Gasteiger partial charge >= 0.3 is 5.97 Å². The highest BCUT2D eigenvalue weighted by Crippen LogP contribution is 2.54. The van der Waals surface area contributed by atoms with Crippen molar-refractivity contribution in [1.82, 2.24) is 4.57 Å². The maximum Gasteiger partial charge on any atom is 0.341 e. The molecule has 0 radical (unpaired) electrons. The van der Waals surface area contributed by atoms with Gasteiger partial charge in [-0.3, -0.25) is 4.79 Å². The van der Waals surface area contributed by atoms with Crippen LogP contribution < -0.4 is 16.1 Å². The number of benzene rings is 1. The third-order valence-electron chi connectivity index (χ3n) is 6.37. The number of rotatable bonds is 3. The monoisotopic (exact) mass is 409 g/mol. The lowest BCUT2D eigenvalue weighted by Gasteiger charge is -2.23. The Morgan fingerprint density at radius 1 is 1.39 bits per heavy atom. The SMILES string of the molecule is NC1CN(c2c(F)cc3c(=O)c(C(=O)O)cn([C@H]4C[C@H]4F)c3c2Cl)CC12CC2. The quantitative estimate of drug-likeness (QED) is 0.813. The second-order valence-electron chi connectivity index (χ2n) is 8.17. The number of carboxylic acid groups (broad SMARTS) is 1. The van der Waals surface area contributed by atoms with Crippen molar-refractivity contribution in [2.45, 2.75) is 37.5 Å². The van der Waals surface area contributed by atoms with E-state index < -0.39 is 35.0 Å². The molecular weight excluding hydrogens is 392 g/mol. The van der Waals surface area contributed by atoms with E-state index in [1.165, 1.54) is 4.57 Å². The Bertz CT molecular complexity index is 1100. The lowest BCUT2D eigenvalue weighted by Crippen LogP contribution is -2.30. The summed E-state index contributed by atoms with van der Waals surface area (Å²) in [6, 6.07) is 0.308. The average Bonchev–Trinajstić information content (AvgIpc) is 3.51. The van der Waals surface area contributed by atoms with Gasteiger partial charge in [-0.05, 0) is 18.9 Å². The van der Waals surface area contributed by atoms with Crippen LogP contribution in [-0.4, -0.2) is 40.9 Å². The second kappa shape index (κ2) is 5.67. The van der Waals surface area contributed by atoms with Gasteiger partial charge in [0.25, 0.3) is 0 Å². The van der Waals surface area contributed by atoms with Gasteiger partial charge < -0.3 is 20.3 Å². The van der Waals surface area contributed by atoms with Gasteiger partial charge in [0, 0.05) is 37.2 Å². The van der Waals surface area contributed by atoms with Crippen LogP contribution in [0.1, 0.15) is 35.7 Å². The molecule has 1 aliphatic heterocycles. The number of anilines is 1.